The fraction of sp³-hybridized carbons (Fsp3) is 0.231. The summed E-state index contributed by atoms with van der Waals surface area (Å²) in [5, 5.41) is 17.0. The Bertz CT molecular complexity index is 732. The second-order valence-corrected chi connectivity index (χ2v) is 5.97. The number of aryl methyl sites for hydroxylation is 1. The molecule has 0 saturated heterocycles. The first-order chi connectivity index (χ1) is 10.3. The van der Waals surface area contributed by atoms with Gasteiger partial charge in [0.15, 0.2) is 11.0 Å². The molecule has 0 aliphatic carbocycles. The number of thiophene rings is 1. The fourth-order valence-electron chi connectivity index (χ4n) is 1.75. The molecule has 0 aliphatic rings. The molecule has 3 aromatic heterocycles. The van der Waals surface area contributed by atoms with E-state index < -0.39 is 0 Å². The molecule has 0 saturated carbocycles. The third kappa shape index (κ3) is 3.06. The van der Waals surface area contributed by atoms with Crippen molar-refractivity contribution in [1.29, 1.82) is 0 Å². The smallest absolute Gasteiger partial charge is 0.258 e. The van der Waals surface area contributed by atoms with Crippen molar-refractivity contribution in [2.75, 3.05) is 0 Å². The molecule has 0 radical (unpaired) electrons. The van der Waals surface area contributed by atoms with Crippen LogP contribution in [0.15, 0.2) is 39.2 Å². The molecule has 6 nitrogen and oxygen atoms in total. The van der Waals surface area contributed by atoms with E-state index in [-0.39, 0.29) is 0 Å². The Labute approximate surface area is 129 Å². The van der Waals surface area contributed by atoms with Gasteiger partial charge in [-0.3, -0.25) is 0 Å². The summed E-state index contributed by atoms with van der Waals surface area (Å²) in [6.07, 6.45) is 1.82. The van der Waals surface area contributed by atoms with Crippen molar-refractivity contribution in [3.8, 4) is 11.5 Å². The number of hydrogen-bond acceptors (Lipinski definition) is 7. The van der Waals surface area contributed by atoms with Gasteiger partial charge in [-0.1, -0.05) is 23.0 Å². The molecule has 0 N–H and O–H groups in total. The van der Waals surface area contributed by atoms with Gasteiger partial charge in [-0.05, 0) is 18.4 Å². The fourth-order valence-corrected chi connectivity index (χ4v) is 3.22. The van der Waals surface area contributed by atoms with Gasteiger partial charge in [0, 0.05) is 11.9 Å². The van der Waals surface area contributed by atoms with E-state index >= 15 is 0 Å². The molecule has 21 heavy (non-hydrogen) atoms. The molecule has 0 spiro atoms. The number of aromatic nitrogens is 5. The van der Waals surface area contributed by atoms with Crippen molar-refractivity contribution < 1.29 is 4.52 Å². The first-order valence-electron chi connectivity index (χ1n) is 6.26. The lowest BCUT2D eigenvalue weighted by molar-refractivity contribution is 0.425. The van der Waals surface area contributed by atoms with E-state index in [1.54, 1.807) is 11.3 Å². The van der Waals surface area contributed by atoms with Crippen LogP contribution < -0.4 is 0 Å². The van der Waals surface area contributed by atoms with Crippen LogP contribution in [-0.4, -0.2) is 24.9 Å². The van der Waals surface area contributed by atoms with Crippen LogP contribution in [-0.2, 0) is 12.3 Å². The van der Waals surface area contributed by atoms with Gasteiger partial charge in [0.1, 0.15) is 5.82 Å². The van der Waals surface area contributed by atoms with E-state index in [2.05, 4.69) is 26.9 Å². The summed E-state index contributed by atoms with van der Waals surface area (Å²) in [7, 11) is 0. The predicted molar refractivity (Wildman–Crippen MR) is 82.1 cm³/mol. The highest BCUT2D eigenvalue weighted by molar-refractivity contribution is 7.98. The summed E-state index contributed by atoms with van der Waals surface area (Å²) in [6, 6.07) is 1.96. The van der Waals surface area contributed by atoms with E-state index in [1.165, 1.54) is 11.8 Å². The summed E-state index contributed by atoms with van der Waals surface area (Å²) in [6.45, 7) is 6.35. The van der Waals surface area contributed by atoms with Gasteiger partial charge in [0.2, 0.25) is 0 Å². The molecule has 0 fully saturated rings. The lowest BCUT2D eigenvalue weighted by Gasteiger charge is -2.03. The van der Waals surface area contributed by atoms with Crippen LogP contribution in [0, 0.1) is 6.92 Å². The standard InChI is InChI=1S/C13H13N5OS2/c1-3-5-18-9(2)15-16-13(18)21-8-11-14-12(19-17-11)10-4-6-20-7-10/h3-4,6-7H,1,5,8H2,2H3. The zero-order chi connectivity index (χ0) is 14.7. The van der Waals surface area contributed by atoms with Gasteiger partial charge in [0.05, 0.1) is 11.3 Å². The van der Waals surface area contributed by atoms with E-state index in [0.29, 0.717) is 24.0 Å². The summed E-state index contributed by atoms with van der Waals surface area (Å²) < 4.78 is 7.25. The summed E-state index contributed by atoms with van der Waals surface area (Å²) in [5.41, 5.74) is 0.953. The minimum Gasteiger partial charge on any atom is -0.334 e. The molecule has 0 bridgehead atoms. The molecule has 0 unspecified atom stereocenters. The van der Waals surface area contributed by atoms with Crippen LogP contribution in [0.5, 0.6) is 0 Å². The number of allylic oxidation sites excluding steroid dienone is 1. The Hall–Kier alpha value is -1.93. The summed E-state index contributed by atoms with van der Waals surface area (Å²) in [5.74, 6) is 2.65. The Balaban J connectivity index is 1.69. The highest BCUT2D eigenvalue weighted by Crippen LogP contribution is 2.24. The number of rotatable bonds is 6. The average Bonchev–Trinajstić information content (AvgIpc) is 3.19. The van der Waals surface area contributed by atoms with Crippen LogP contribution in [0.4, 0.5) is 0 Å². The number of hydrogen-bond donors (Lipinski definition) is 0. The van der Waals surface area contributed by atoms with Gasteiger partial charge in [-0.25, -0.2) is 0 Å². The van der Waals surface area contributed by atoms with E-state index in [9.17, 15) is 0 Å². The van der Waals surface area contributed by atoms with Crippen molar-refractivity contribution in [2.45, 2.75) is 24.4 Å². The molecular formula is C13H13N5OS2. The van der Waals surface area contributed by atoms with Crippen molar-refractivity contribution in [3.05, 3.63) is 41.1 Å². The zero-order valence-corrected chi connectivity index (χ0v) is 13.0. The van der Waals surface area contributed by atoms with Gasteiger partial charge < -0.3 is 9.09 Å². The number of nitrogens with zero attached hydrogens (tertiary/aromatic N) is 5. The van der Waals surface area contributed by atoms with E-state index in [0.717, 1.165) is 16.5 Å². The molecular weight excluding hydrogens is 306 g/mol. The summed E-state index contributed by atoms with van der Waals surface area (Å²) >= 11 is 3.13. The molecule has 0 atom stereocenters. The Morgan fingerprint density at radius 2 is 2.38 bits per heavy atom. The second kappa shape index (κ2) is 6.23. The van der Waals surface area contributed by atoms with E-state index in [4.69, 9.17) is 4.52 Å². The molecule has 0 aliphatic heterocycles. The first kappa shape index (κ1) is 14.0. The molecule has 0 aromatic carbocycles. The van der Waals surface area contributed by atoms with Gasteiger partial charge in [-0.2, -0.15) is 16.3 Å². The Morgan fingerprint density at radius 1 is 1.48 bits per heavy atom. The molecule has 3 aromatic rings. The molecule has 3 rings (SSSR count). The molecule has 0 amide bonds. The topological polar surface area (TPSA) is 69.6 Å². The van der Waals surface area contributed by atoms with Crippen molar-refractivity contribution >= 4 is 23.1 Å². The maximum Gasteiger partial charge on any atom is 0.258 e. The molecule has 3 heterocycles. The van der Waals surface area contributed by atoms with Crippen molar-refractivity contribution in [2.24, 2.45) is 0 Å². The lowest BCUT2D eigenvalue weighted by atomic mass is 10.3. The third-order valence-electron chi connectivity index (χ3n) is 2.78. The number of thioether (sulfide) groups is 1. The van der Waals surface area contributed by atoms with Crippen LogP contribution in [0.1, 0.15) is 11.6 Å². The monoisotopic (exact) mass is 319 g/mol. The quantitative estimate of drug-likeness (QED) is 0.513. The van der Waals surface area contributed by atoms with Gasteiger partial charge >= 0.3 is 0 Å². The lowest BCUT2D eigenvalue weighted by Crippen LogP contribution is -2.00. The average molecular weight is 319 g/mol. The Morgan fingerprint density at radius 3 is 3.14 bits per heavy atom. The first-order valence-corrected chi connectivity index (χ1v) is 8.19. The van der Waals surface area contributed by atoms with Crippen molar-refractivity contribution in [1.82, 2.24) is 24.9 Å². The van der Waals surface area contributed by atoms with Crippen LogP contribution in [0.2, 0.25) is 0 Å². The normalized spacial score (nSPS) is 10.9. The predicted octanol–water partition coefficient (Wildman–Crippen LogP) is 3.18. The minimum atomic E-state index is 0.551. The SMILES string of the molecule is C=CCn1c(C)nnc1SCc1noc(-c2ccsc2)n1. The van der Waals surface area contributed by atoms with Crippen LogP contribution >= 0.6 is 23.1 Å². The maximum absolute atomic E-state index is 5.25. The molecule has 8 heteroatoms. The van der Waals surface area contributed by atoms with Crippen molar-refractivity contribution in [3.63, 3.8) is 0 Å². The van der Waals surface area contributed by atoms with Crippen LogP contribution in [0.3, 0.4) is 0 Å². The third-order valence-corrected chi connectivity index (χ3v) is 4.43. The largest absolute Gasteiger partial charge is 0.334 e. The van der Waals surface area contributed by atoms with Crippen LogP contribution in [0.25, 0.3) is 11.5 Å². The molecule has 108 valence electrons. The zero-order valence-electron chi connectivity index (χ0n) is 11.4. The van der Waals surface area contributed by atoms with E-state index in [1.807, 2.05) is 34.4 Å². The second-order valence-electron chi connectivity index (χ2n) is 4.25. The summed E-state index contributed by atoms with van der Waals surface area (Å²) in [4.78, 5) is 4.38. The Kier molecular flexibility index (Phi) is 4.16. The highest BCUT2D eigenvalue weighted by atomic mass is 32.2. The highest BCUT2D eigenvalue weighted by Gasteiger charge is 2.12. The maximum atomic E-state index is 5.25. The minimum absolute atomic E-state index is 0.551. The van der Waals surface area contributed by atoms with Gasteiger partial charge in [-0.15, -0.1) is 16.8 Å². The van der Waals surface area contributed by atoms with Gasteiger partial charge in [0.25, 0.3) is 5.89 Å².